The number of ether oxygens (including phenoxy) is 1. The van der Waals surface area contributed by atoms with E-state index >= 15 is 0 Å². The molecule has 0 aliphatic rings. The molecule has 3 aromatic rings. The molecule has 0 spiro atoms. The second-order valence-electron chi connectivity index (χ2n) is 8.55. The van der Waals surface area contributed by atoms with E-state index in [1.165, 1.54) is 16.8 Å². The van der Waals surface area contributed by atoms with Crippen LogP contribution in [0.5, 0.6) is 5.75 Å². The van der Waals surface area contributed by atoms with Gasteiger partial charge in [0.2, 0.25) is 5.43 Å². The van der Waals surface area contributed by atoms with Crippen molar-refractivity contribution < 1.29 is 27.5 Å². The molecular formula is C29H28F3N3O4. The predicted octanol–water partition coefficient (Wildman–Crippen LogP) is 4.96. The number of hydrogen-bond donors (Lipinski definition) is 2. The van der Waals surface area contributed by atoms with Gasteiger partial charge in [-0.25, -0.2) is 13.2 Å². The zero-order chi connectivity index (χ0) is 28.5. The van der Waals surface area contributed by atoms with Gasteiger partial charge in [-0.05, 0) is 18.9 Å². The number of amides is 2. The SMILES string of the molecule is C=C[C@H](C)NC(=O)c1c(OCc2ccccc2)c(=O)c(C(=O)NCc2c(F)cc(F)cc2F)cn1C=CCC. The van der Waals surface area contributed by atoms with E-state index in [0.29, 0.717) is 24.1 Å². The molecule has 3 rings (SSSR count). The monoisotopic (exact) mass is 539 g/mol. The Morgan fingerprint density at radius 2 is 1.77 bits per heavy atom. The van der Waals surface area contributed by atoms with Crippen LogP contribution in [0, 0.1) is 17.5 Å². The lowest BCUT2D eigenvalue weighted by molar-refractivity contribution is 0.0923. The fraction of sp³-hybridized carbons (Fsp3) is 0.207. The molecule has 0 saturated heterocycles. The lowest BCUT2D eigenvalue weighted by Crippen LogP contribution is -2.36. The first-order valence-corrected chi connectivity index (χ1v) is 12.1. The lowest BCUT2D eigenvalue weighted by Gasteiger charge is -2.18. The quantitative estimate of drug-likeness (QED) is 0.337. The van der Waals surface area contributed by atoms with Crippen LogP contribution < -0.4 is 20.8 Å². The van der Waals surface area contributed by atoms with Crippen LogP contribution in [0.3, 0.4) is 0 Å². The summed E-state index contributed by atoms with van der Waals surface area (Å²) >= 11 is 0. The molecule has 1 aromatic heterocycles. The first-order valence-electron chi connectivity index (χ1n) is 12.1. The van der Waals surface area contributed by atoms with Gasteiger partial charge in [0.25, 0.3) is 11.8 Å². The molecule has 1 atom stereocenters. The van der Waals surface area contributed by atoms with Crippen molar-refractivity contribution in [1.82, 2.24) is 15.2 Å². The maximum atomic E-state index is 14.1. The Hall–Kier alpha value is -4.60. The normalized spacial score (nSPS) is 11.7. The van der Waals surface area contributed by atoms with Crippen molar-refractivity contribution in [3.63, 3.8) is 0 Å². The molecule has 39 heavy (non-hydrogen) atoms. The summed E-state index contributed by atoms with van der Waals surface area (Å²) in [6.45, 7) is 6.45. The number of carbonyl (C=O) groups excluding carboxylic acids is 2. The van der Waals surface area contributed by atoms with Crippen molar-refractivity contribution in [2.75, 3.05) is 0 Å². The number of halogens is 3. The van der Waals surface area contributed by atoms with Crippen LogP contribution in [0.4, 0.5) is 13.2 Å². The largest absolute Gasteiger partial charge is 0.483 e. The van der Waals surface area contributed by atoms with E-state index in [0.717, 1.165) is 6.20 Å². The maximum Gasteiger partial charge on any atom is 0.272 e. The number of pyridine rings is 1. The Balaban J connectivity index is 2.08. The molecule has 2 amide bonds. The molecule has 10 heteroatoms. The van der Waals surface area contributed by atoms with E-state index in [4.69, 9.17) is 4.74 Å². The van der Waals surface area contributed by atoms with Gasteiger partial charge in [0.05, 0.1) is 0 Å². The van der Waals surface area contributed by atoms with Gasteiger partial charge in [-0.15, -0.1) is 6.58 Å². The minimum Gasteiger partial charge on any atom is -0.483 e. The molecule has 0 aliphatic heterocycles. The standard InChI is InChI=1S/C29H28F3N3O4/c1-4-6-12-35-16-22(28(37)33-15-21-23(31)13-20(30)14-24(21)32)26(36)27(25(35)29(38)34-18(3)5-2)39-17-19-10-8-7-9-11-19/h5-14,16,18H,2,4,15,17H2,1,3H3,(H,33,37)(H,34,38)/t18-/m0/s1. The van der Waals surface area contributed by atoms with Crippen LogP contribution in [0.1, 0.15) is 52.2 Å². The average Bonchev–Trinajstić information content (AvgIpc) is 2.90. The zero-order valence-electron chi connectivity index (χ0n) is 21.5. The van der Waals surface area contributed by atoms with Crippen LogP contribution in [-0.4, -0.2) is 22.4 Å². The van der Waals surface area contributed by atoms with Gasteiger partial charge in [0.15, 0.2) is 11.4 Å². The molecular weight excluding hydrogens is 511 g/mol. The van der Waals surface area contributed by atoms with E-state index in [-0.39, 0.29) is 18.1 Å². The molecule has 0 saturated carbocycles. The number of allylic oxidation sites excluding steroid dienone is 1. The summed E-state index contributed by atoms with van der Waals surface area (Å²) in [5.41, 5.74) is -1.36. The molecule has 0 fully saturated rings. The van der Waals surface area contributed by atoms with Gasteiger partial charge in [0, 0.05) is 42.7 Å². The molecule has 0 unspecified atom stereocenters. The minimum absolute atomic E-state index is 0.0814. The Labute approximate surface area is 223 Å². The summed E-state index contributed by atoms with van der Waals surface area (Å²) in [4.78, 5) is 39.8. The summed E-state index contributed by atoms with van der Waals surface area (Å²) in [6.07, 6.45) is 6.41. The van der Waals surface area contributed by atoms with Gasteiger partial charge in [-0.3, -0.25) is 14.4 Å². The highest BCUT2D eigenvalue weighted by Gasteiger charge is 2.26. The summed E-state index contributed by atoms with van der Waals surface area (Å²) < 4.78 is 48.5. The van der Waals surface area contributed by atoms with Crippen molar-refractivity contribution in [1.29, 1.82) is 0 Å². The van der Waals surface area contributed by atoms with Crippen molar-refractivity contribution in [3.8, 4) is 5.75 Å². The van der Waals surface area contributed by atoms with Crippen molar-refractivity contribution in [2.45, 2.75) is 39.5 Å². The van der Waals surface area contributed by atoms with E-state index in [1.54, 1.807) is 43.3 Å². The number of carbonyl (C=O) groups is 2. The minimum atomic E-state index is -1.19. The molecule has 1 heterocycles. The van der Waals surface area contributed by atoms with Crippen LogP contribution in [0.2, 0.25) is 0 Å². The van der Waals surface area contributed by atoms with Crippen molar-refractivity contribution in [3.05, 3.63) is 117 Å². The third-order valence-electron chi connectivity index (χ3n) is 5.62. The van der Waals surface area contributed by atoms with Crippen LogP contribution in [-0.2, 0) is 13.2 Å². The zero-order valence-corrected chi connectivity index (χ0v) is 21.5. The topological polar surface area (TPSA) is 89.4 Å². The van der Waals surface area contributed by atoms with Gasteiger partial charge < -0.3 is 19.9 Å². The van der Waals surface area contributed by atoms with Gasteiger partial charge in [-0.1, -0.05) is 49.4 Å². The molecule has 204 valence electrons. The first-order chi connectivity index (χ1) is 18.7. The Kier molecular flexibility index (Phi) is 9.86. The Morgan fingerprint density at radius 3 is 2.38 bits per heavy atom. The number of rotatable bonds is 11. The number of nitrogens with one attached hydrogen (secondary N) is 2. The molecule has 0 aliphatic carbocycles. The molecule has 0 radical (unpaired) electrons. The molecule has 7 nitrogen and oxygen atoms in total. The van der Waals surface area contributed by atoms with E-state index in [2.05, 4.69) is 17.2 Å². The summed E-state index contributed by atoms with van der Waals surface area (Å²) in [6, 6.07) is 9.41. The third kappa shape index (κ3) is 7.25. The van der Waals surface area contributed by atoms with E-state index < -0.39 is 58.4 Å². The molecule has 2 N–H and O–H groups in total. The van der Waals surface area contributed by atoms with Gasteiger partial charge in [0.1, 0.15) is 29.6 Å². The second-order valence-corrected chi connectivity index (χ2v) is 8.55. The molecule has 2 aromatic carbocycles. The number of hydrogen-bond acceptors (Lipinski definition) is 4. The number of benzene rings is 2. The summed E-state index contributed by atoms with van der Waals surface area (Å²) in [7, 11) is 0. The number of nitrogens with zero attached hydrogens (tertiary/aromatic N) is 1. The third-order valence-corrected chi connectivity index (χ3v) is 5.62. The van der Waals surface area contributed by atoms with Crippen LogP contribution >= 0.6 is 0 Å². The smallest absolute Gasteiger partial charge is 0.272 e. The van der Waals surface area contributed by atoms with Gasteiger partial charge in [-0.2, -0.15) is 0 Å². The fourth-order valence-corrected chi connectivity index (χ4v) is 3.53. The maximum absolute atomic E-state index is 14.1. The van der Waals surface area contributed by atoms with Gasteiger partial charge >= 0.3 is 0 Å². The number of aromatic nitrogens is 1. The lowest BCUT2D eigenvalue weighted by atomic mass is 10.1. The highest BCUT2D eigenvalue weighted by atomic mass is 19.1. The average molecular weight is 540 g/mol. The fourth-order valence-electron chi connectivity index (χ4n) is 3.53. The Bertz CT molecular complexity index is 1430. The summed E-state index contributed by atoms with van der Waals surface area (Å²) in [5, 5.41) is 4.98. The van der Waals surface area contributed by atoms with Crippen LogP contribution in [0.25, 0.3) is 6.20 Å². The predicted molar refractivity (Wildman–Crippen MR) is 142 cm³/mol. The van der Waals surface area contributed by atoms with Crippen LogP contribution in [0.15, 0.2) is 72.2 Å². The second kappa shape index (κ2) is 13.3. The van der Waals surface area contributed by atoms with E-state index in [1.807, 2.05) is 6.92 Å². The first kappa shape index (κ1) is 29.0. The Morgan fingerprint density at radius 1 is 1.10 bits per heavy atom. The van der Waals surface area contributed by atoms with Crippen molar-refractivity contribution >= 4 is 18.0 Å². The van der Waals surface area contributed by atoms with E-state index in [9.17, 15) is 27.6 Å². The highest BCUT2D eigenvalue weighted by molar-refractivity contribution is 5.99. The molecule has 0 bridgehead atoms. The summed E-state index contributed by atoms with van der Waals surface area (Å²) in [5.74, 6) is -5.49. The highest BCUT2D eigenvalue weighted by Crippen LogP contribution is 2.20. The van der Waals surface area contributed by atoms with Crippen molar-refractivity contribution in [2.24, 2.45) is 0 Å².